The molecule has 0 aliphatic carbocycles. The molecular weight excluding hydrogens is 352 g/mol. The summed E-state index contributed by atoms with van der Waals surface area (Å²) in [5.41, 5.74) is 6.41. The van der Waals surface area contributed by atoms with E-state index in [2.05, 4.69) is 42.7 Å². The fourth-order valence-electron chi connectivity index (χ4n) is 4.61. The molecule has 0 saturated carbocycles. The Hall–Kier alpha value is -2.56. The number of methoxy groups -OCH3 is 2. The van der Waals surface area contributed by atoms with E-state index in [9.17, 15) is 0 Å². The van der Waals surface area contributed by atoms with E-state index < -0.39 is 0 Å². The highest BCUT2D eigenvalue weighted by molar-refractivity contribution is 5.73. The first-order valence-corrected chi connectivity index (χ1v) is 10.0. The van der Waals surface area contributed by atoms with Crippen LogP contribution in [0.3, 0.4) is 0 Å². The molecule has 2 aromatic rings. The first kappa shape index (κ1) is 18.8. The van der Waals surface area contributed by atoms with Gasteiger partial charge in [0.2, 0.25) is 0 Å². The summed E-state index contributed by atoms with van der Waals surface area (Å²) in [6.07, 6.45) is 1.17. The smallest absolute Gasteiger partial charge is 0.166 e. The van der Waals surface area contributed by atoms with Crippen LogP contribution in [0.15, 0.2) is 24.3 Å². The molecule has 2 aromatic carbocycles. The van der Waals surface area contributed by atoms with Crippen molar-refractivity contribution in [3.63, 3.8) is 0 Å². The van der Waals surface area contributed by atoms with Gasteiger partial charge in [-0.25, -0.2) is 0 Å². The van der Waals surface area contributed by atoms with Gasteiger partial charge < -0.3 is 24.0 Å². The van der Waals surface area contributed by atoms with Gasteiger partial charge >= 0.3 is 0 Å². The molecule has 2 aliphatic rings. The van der Waals surface area contributed by atoms with Crippen molar-refractivity contribution in [3.8, 4) is 17.2 Å². The van der Waals surface area contributed by atoms with Gasteiger partial charge in [0.15, 0.2) is 11.5 Å². The molecule has 5 heteroatoms. The molecule has 1 atom stereocenters. The van der Waals surface area contributed by atoms with Crippen molar-refractivity contribution in [2.24, 2.45) is 0 Å². The van der Waals surface area contributed by atoms with Crippen LogP contribution in [-0.4, -0.2) is 46.5 Å². The van der Waals surface area contributed by atoms with Gasteiger partial charge in [-0.05, 0) is 50.6 Å². The molecule has 28 heavy (non-hydrogen) atoms. The molecule has 1 saturated heterocycles. The lowest BCUT2D eigenvalue weighted by molar-refractivity contribution is 0.243. The first-order chi connectivity index (χ1) is 13.5. The third-order valence-electron chi connectivity index (χ3n) is 6.03. The van der Waals surface area contributed by atoms with E-state index in [0.29, 0.717) is 0 Å². The summed E-state index contributed by atoms with van der Waals surface area (Å²) in [4.78, 5) is 4.95. The van der Waals surface area contributed by atoms with Crippen molar-refractivity contribution in [3.05, 3.63) is 41.0 Å². The van der Waals surface area contributed by atoms with Crippen LogP contribution in [-0.2, 0) is 6.42 Å². The topological polar surface area (TPSA) is 34.2 Å². The number of fused-ring (bicyclic) bond motifs is 1. The van der Waals surface area contributed by atoms with Gasteiger partial charge in [0.25, 0.3) is 0 Å². The van der Waals surface area contributed by atoms with Crippen LogP contribution in [0.1, 0.15) is 23.6 Å². The molecule has 0 radical (unpaired) electrons. The van der Waals surface area contributed by atoms with Crippen LogP contribution in [0, 0.1) is 13.8 Å². The molecule has 0 aromatic heterocycles. The van der Waals surface area contributed by atoms with Crippen LogP contribution in [0.25, 0.3) is 0 Å². The molecular formula is C23H30N2O3. The molecule has 2 heterocycles. The van der Waals surface area contributed by atoms with Gasteiger partial charge in [0.1, 0.15) is 11.9 Å². The second kappa shape index (κ2) is 7.46. The summed E-state index contributed by atoms with van der Waals surface area (Å²) in [6.45, 7) is 10.5. The molecule has 0 spiro atoms. The Labute approximate surface area is 167 Å². The van der Waals surface area contributed by atoms with Crippen LogP contribution < -0.4 is 24.0 Å². The Morgan fingerprint density at radius 2 is 1.54 bits per heavy atom. The third-order valence-corrected chi connectivity index (χ3v) is 6.03. The van der Waals surface area contributed by atoms with Crippen LogP contribution in [0.5, 0.6) is 17.2 Å². The number of piperazine rings is 1. The third kappa shape index (κ3) is 3.13. The second-order valence-electron chi connectivity index (χ2n) is 7.74. The summed E-state index contributed by atoms with van der Waals surface area (Å²) < 4.78 is 17.1. The van der Waals surface area contributed by atoms with E-state index in [1.165, 1.54) is 28.1 Å². The number of anilines is 2. The zero-order chi connectivity index (χ0) is 19.8. The molecule has 2 aliphatic heterocycles. The van der Waals surface area contributed by atoms with Crippen molar-refractivity contribution in [2.45, 2.75) is 33.3 Å². The van der Waals surface area contributed by atoms with Crippen LogP contribution in [0.2, 0.25) is 0 Å². The molecule has 1 unspecified atom stereocenters. The average Bonchev–Trinajstić information content (AvgIpc) is 3.11. The van der Waals surface area contributed by atoms with Gasteiger partial charge in [-0.2, -0.15) is 0 Å². The van der Waals surface area contributed by atoms with Crippen molar-refractivity contribution in [2.75, 3.05) is 50.2 Å². The number of benzene rings is 2. The van der Waals surface area contributed by atoms with Crippen molar-refractivity contribution in [1.82, 2.24) is 0 Å². The maximum Gasteiger partial charge on any atom is 0.166 e. The molecule has 5 nitrogen and oxygen atoms in total. The Morgan fingerprint density at radius 3 is 2.14 bits per heavy atom. The highest BCUT2D eigenvalue weighted by Gasteiger charge is 2.31. The minimum Gasteiger partial charge on any atom is -0.497 e. The van der Waals surface area contributed by atoms with Gasteiger partial charge in [-0.15, -0.1) is 0 Å². The van der Waals surface area contributed by atoms with Crippen molar-refractivity contribution in [1.29, 1.82) is 0 Å². The van der Waals surface area contributed by atoms with Gasteiger partial charge in [0.05, 0.1) is 14.2 Å². The van der Waals surface area contributed by atoms with E-state index in [1.54, 1.807) is 14.2 Å². The second-order valence-corrected chi connectivity index (χ2v) is 7.74. The van der Waals surface area contributed by atoms with Gasteiger partial charge in [-0.1, -0.05) is 0 Å². The highest BCUT2D eigenvalue weighted by atomic mass is 16.5. The lowest BCUT2D eigenvalue weighted by Crippen LogP contribution is -2.47. The molecule has 4 rings (SSSR count). The minimum atomic E-state index is 0.212. The first-order valence-electron chi connectivity index (χ1n) is 10.0. The Balaban J connectivity index is 1.57. The predicted octanol–water partition coefficient (Wildman–Crippen LogP) is 3.97. The highest BCUT2D eigenvalue weighted by Crippen LogP contribution is 2.47. The van der Waals surface area contributed by atoms with Gasteiger partial charge in [-0.3, -0.25) is 0 Å². The lowest BCUT2D eigenvalue weighted by atomic mass is 9.96. The van der Waals surface area contributed by atoms with E-state index in [0.717, 1.165) is 49.8 Å². The fourth-order valence-corrected chi connectivity index (χ4v) is 4.61. The SMILES string of the molecule is COc1ccc(N2CCN(c3c(C)c4c(c(OC)c3C)OC(C)C4)CC2)cc1. The largest absolute Gasteiger partial charge is 0.497 e. The Bertz CT molecular complexity index is 855. The summed E-state index contributed by atoms with van der Waals surface area (Å²) in [5.74, 6) is 2.75. The molecule has 0 amide bonds. The Morgan fingerprint density at radius 1 is 0.893 bits per heavy atom. The van der Waals surface area contributed by atoms with Crippen LogP contribution >= 0.6 is 0 Å². The fraction of sp³-hybridized carbons (Fsp3) is 0.478. The van der Waals surface area contributed by atoms with E-state index in [-0.39, 0.29) is 6.10 Å². The lowest BCUT2D eigenvalue weighted by Gasteiger charge is -2.39. The Kier molecular flexibility index (Phi) is 5.00. The number of hydrogen-bond acceptors (Lipinski definition) is 5. The summed E-state index contributed by atoms with van der Waals surface area (Å²) in [5, 5.41) is 0. The maximum absolute atomic E-state index is 6.06. The molecule has 1 fully saturated rings. The van der Waals surface area contributed by atoms with Crippen molar-refractivity contribution < 1.29 is 14.2 Å². The maximum atomic E-state index is 6.06. The van der Waals surface area contributed by atoms with Gasteiger partial charge in [0, 0.05) is 55.1 Å². The molecule has 0 N–H and O–H groups in total. The summed E-state index contributed by atoms with van der Waals surface area (Å²) >= 11 is 0. The predicted molar refractivity (Wildman–Crippen MR) is 114 cm³/mol. The summed E-state index contributed by atoms with van der Waals surface area (Å²) in [7, 11) is 3.45. The molecule has 0 bridgehead atoms. The number of ether oxygens (including phenoxy) is 3. The average molecular weight is 383 g/mol. The number of nitrogens with zero attached hydrogens (tertiary/aromatic N) is 2. The monoisotopic (exact) mass is 382 g/mol. The minimum absolute atomic E-state index is 0.212. The van der Waals surface area contributed by atoms with E-state index >= 15 is 0 Å². The standard InChI is InChI=1S/C23H30N2O3/c1-15-14-20-16(2)21(17(3)22(27-5)23(20)28-15)25-12-10-24(11-13-25)18-6-8-19(26-4)9-7-18/h6-9,15H,10-14H2,1-5H3. The zero-order valence-electron chi connectivity index (χ0n) is 17.5. The van der Waals surface area contributed by atoms with E-state index in [1.807, 2.05) is 12.1 Å². The normalized spacial score (nSPS) is 18.7. The summed E-state index contributed by atoms with van der Waals surface area (Å²) in [6, 6.07) is 8.34. The number of hydrogen-bond donors (Lipinski definition) is 0. The zero-order valence-corrected chi connectivity index (χ0v) is 17.5. The number of rotatable bonds is 4. The van der Waals surface area contributed by atoms with Crippen molar-refractivity contribution >= 4 is 11.4 Å². The quantitative estimate of drug-likeness (QED) is 0.799. The van der Waals surface area contributed by atoms with E-state index in [4.69, 9.17) is 14.2 Å². The molecule has 150 valence electrons. The van der Waals surface area contributed by atoms with Crippen LogP contribution in [0.4, 0.5) is 11.4 Å².